The van der Waals surface area contributed by atoms with Gasteiger partial charge in [0.05, 0.1) is 0 Å². The number of Topliss-reactive ketones (excluding diaryl/α,β-unsaturated/α-hetero) is 1. The first-order chi connectivity index (χ1) is 13.5. The SMILES string of the molecule is CCC(=O)O/N=C(\CCNC(C)=O)C(=O)c1ccc(Sc2ccccc2)cc1. The zero-order valence-corrected chi connectivity index (χ0v) is 16.6. The van der Waals surface area contributed by atoms with E-state index in [1.54, 1.807) is 30.8 Å². The highest BCUT2D eigenvalue weighted by atomic mass is 32.2. The summed E-state index contributed by atoms with van der Waals surface area (Å²) in [7, 11) is 0. The zero-order valence-electron chi connectivity index (χ0n) is 15.8. The first-order valence-electron chi connectivity index (χ1n) is 8.88. The number of hydrogen-bond donors (Lipinski definition) is 1. The molecule has 0 spiro atoms. The monoisotopic (exact) mass is 398 g/mol. The Hall–Kier alpha value is -2.93. The molecule has 0 bridgehead atoms. The highest BCUT2D eigenvalue weighted by Gasteiger charge is 2.16. The number of carbonyl (C=O) groups is 3. The standard InChI is InChI=1S/C21H22N2O4S/c1-3-20(25)27-23-19(13-14-22-15(2)24)21(26)16-9-11-18(12-10-16)28-17-7-5-4-6-8-17/h4-12H,3,13-14H2,1-2H3,(H,22,24)/b23-19+. The van der Waals surface area contributed by atoms with Crippen LogP contribution in [0.25, 0.3) is 0 Å². The van der Waals surface area contributed by atoms with Crippen LogP contribution < -0.4 is 5.32 Å². The molecule has 1 amide bonds. The van der Waals surface area contributed by atoms with Gasteiger partial charge in [-0.3, -0.25) is 9.59 Å². The zero-order chi connectivity index (χ0) is 20.4. The molecule has 0 fully saturated rings. The first-order valence-corrected chi connectivity index (χ1v) is 9.70. The Morgan fingerprint density at radius 2 is 1.64 bits per heavy atom. The van der Waals surface area contributed by atoms with Gasteiger partial charge < -0.3 is 10.2 Å². The van der Waals surface area contributed by atoms with Gasteiger partial charge in [-0.15, -0.1) is 0 Å². The summed E-state index contributed by atoms with van der Waals surface area (Å²) in [6, 6.07) is 17.1. The maximum absolute atomic E-state index is 12.7. The Kier molecular flexibility index (Phi) is 8.42. The smallest absolute Gasteiger partial charge is 0.334 e. The number of oxime groups is 1. The molecule has 2 rings (SSSR count). The Labute approximate surface area is 168 Å². The fraction of sp³-hybridized carbons (Fsp3) is 0.238. The van der Waals surface area contributed by atoms with Crippen molar-refractivity contribution in [2.24, 2.45) is 5.16 Å². The molecule has 0 radical (unpaired) electrons. The molecule has 0 unspecified atom stereocenters. The number of rotatable bonds is 9. The maximum atomic E-state index is 12.7. The van der Waals surface area contributed by atoms with Crippen LogP contribution in [-0.2, 0) is 14.4 Å². The molecule has 0 aliphatic rings. The average Bonchev–Trinajstić information content (AvgIpc) is 2.71. The molecule has 0 atom stereocenters. The topological polar surface area (TPSA) is 84.8 Å². The third kappa shape index (κ3) is 7.00. The van der Waals surface area contributed by atoms with Crippen molar-refractivity contribution in [2.45, 2.75) is 36.5 Å². The second kappa shape index (κ2) is 11.0. The lowest BCUT2D eigenvalue weighted by molar-refractivity contribution is -0.143. The van der Waals surface area contributed by atoms with Crippen LogP contribution in [0.15, 0.2) is 69.5 Å². The summed E-state index contributed by atoms with van der Waals surface area (Å²) in [4.78, 5) is 42.0. The molecule has 0 aliphatic carbocycles. The number of amides is 1. The average molecular weight is 398 g/mol. The quantitative estimate of drug-likeness (QED) is 0.300. The number of benzene rings is 2. The predicted octanol–water partition coefficient (Wildman–Crippen LogP) is 3.86. The van der Waals surface area contributed by atoms with Crippen LogP contribution in [0.3, 0.4) is 0 Å². The van der Waals surface area contributed by atoms with Crippen molar-refractivity contribution in [3.8, 4) is 0 Å². The van der Waals surface area contributed by atoms with Gasteiger partial charge in [0.1, 0.15) is 5.71 Å². The minimum Gasteiger partial charge on any atom is -0.356 e. The lowest BCUT2D eigenvalue weighted by Crippen LogP contribution is -2.26. The van der Waals surface area contributed by atoms with E-state index in [0.29, 0.717) is 5.56 Å². The van der Waals surface area contributed by atoms with Gasteiger partial charge in [0.2, 0.25) is 11.7 Å². The number of carbonyl (C=O) groups excluding carboxylic acids is 3. The van der Waals surface area contributed by atoms with Crippen LogP contribution in [0.2, 0.25) is 0 Å². The van der Waals surface area contributed by atoms with E-state index >= 15 is 0 Å². The second-order valence-corrected chi connectivity index (χ2v) is 7.00. The van der Waals surface area contributed by atoms with Crippen LogP contribution in [0.4, 0.5) is 0 Å². The van der Waals surface area contributed by atoms with Crippen LogP contribution in [0, 0.1) is 0 Å². The van der Waals surface area contributed by atoms with Gasteiger partial charge in [-0.2, -0.15) is 0 Å². The van der Waals surface area contributed by atoms with Crippen molar-refractivity contribution >= 4 is 35.1 Å². The van der Waals surface area contributed by atoms with Crippen LogP contribution in [0.1, 0.15) is 37.0 Å². The predicted molar refractivity (Wildman–Crippen MR) is 108 cm³/mol. The van der Waals surface area contributed by atoms with Crippen LogP contribution in [0.5, 0.6) is 0 Å². The number of nitrogens with one attached hydrogen (secondary N) is 1. The van der Waals surface area contributed by atoms with Crippen molar-refractivity contribution < 1.29 is 19.2 Å². The van der Waals surface area contributed by atoms with Gasteiger partial charge in [-0.1, -0.05) is 42.0 Å². The summed E-state index contributed by atoms with van der Waals surface area (Å²) in [5, 5.41) is 6.32. The molecule has 0 aromatic heterocycles. The third-order valence-corrected chi connectivity index (χ3v) is 4.66. The van der Waals surface area contributed by atoms with E-state index in [2.05, 4.69) is 10.5 Å². The molecular formula is C21H22N2O4S. The summed E-state index contributed by atoms with van der Waals surface area (Å²) in [6.45, 7) is 3.25. The second-order valence-electron chi connectivity index (χ2n) is 5.86. The van der Waals surface area contributed by atoms with Gasteiger partial charge in [0, 0.05) is 41.7 Å². The molecule has 0 saturated carbocycles. The molecular weight excluding hydrogens is 376 g/mol. The van der Waals surface area contributed by atoms with Gasteiger partial charge in [-0.05, 0) is 36.4 Å². The van der Waals surface area contributed by atoms with Crippen molar-refractivity contribution in [2.75, 3.05) is 6.54 Å². The van der Waals surface area contributed by atoms with Gasteiger partial charge >= 0.3 is 5.97 Å². The molecule has 1 N–H and O–H groups in total. The molecule has 0 aliphatic heterocycles. The fourth-order valence-electron chi connectivity index (χ4n) is 2.19. The van der Waals surface area contributed by atoms with Crippen LogP contribution in [-0.4, -0.2) is 29.9 Å². The minimum atomic E-state index is -0.528. The van der Waals surface area contributed by atoms with E-state index in [4.69, 9.17) is 4.84 Å². The highest BCUT2D eigenvalue weighted by Crippen LogP contribution is 2.27. The van der Waals surface area contributed by atoms with Gasteiger partial charge in [-0.25, -0.2) is 4.79 Å². The molecule has 28 heavy (non-hydrogen) atoms. The normalized spacial score (nSPS) is 11.0. The maximum Gasteiger partial charge on any atom is 0.334 e. The van der Waals surface area contributed by atoms with Crippen molar-refractivity contribution in [1.82, 2.24) is 5.32 Å². The molecule has 2 aromatic carbocycles. The van der Waals surface area contributed by atoms with E-state index in [1.807, 2.05) is 42.5 Å². The van der Waals surface area contributed by atoms with Crippen molar-refractivity contribution in [3.05, 3.63) is 60.2 Å². The fourth-order valence-corrected chi connectivity index (χ4v) is 3.03. The number of hydrogen-bond acceptors (Lipinski definition) is 6. The molecule has 146 valence electrons. The van der Waals surface area contributed by atoms with E-state index < -0.39 is 5.97 Å². The van der Waals surface area contributed by atoms with E-state index in [1.165, 1.54) is 6.92 Å². The van der Waals surface area contributed by atoms with E-state index in [9.17, 15) is 14.4 Å². The van der Waals surface area contributed by atoms with Crippen LogP contribution >= 0.6 is 11.8 Å². The molecule has 0 heterocycles. The van der Waals surface area contributed by atoms with Gasteiger partial charge in [0.25, 0.3) is 0 Å². The van der Waals surface area contributed by atoms with Gasteiger partial charge in [0.15, 0.2) is 0 Å². The Balaban J connectivity index is 2.10. The Morgan fingerprint density at radius 3 is 2.25 bits per heavy atom. The Bertz CT molecular complexity index is 848. The lowest BCUT2D eigenvalue weighted by Gasteiger charge is -2.07. The molecule has 6 nitrogen and oxygen atoms in total. The number of nitrogens with zero attached hydrogens (tertiary/aromatic N) is 1. The first kappa shape index (κ1) is 21.4. The largest absolute Gasteiger partial charge is 0.356 e. The Morgan fingerprint density at radius 1 is 1.00 bits per heavy atom. The summed E-state index contributed by atoms with van der Waals surface area (Å²) in [5.74, 6) is -1.08. The third-order valence-electron chi connectivity index (χ3n) is 3.64. The lowest BCUT2D eigenvalue weighted by atomic mass is 10.0. The minimum absolute atomic E-state index is 0.0824. The molecule has 7 heteroatoms. The van der Waals surface area contributed by atoms with E-state index in [0.717, 1.165) is 9.79 Å². The molecule has 0 saturated heterocycles. The summed E-state index contributed by atoms with van der Waals surface area (Å²) in [6.07, 6.45) is 0.317. The van der Waals surface area contributed by atoms with Crippen molar-refractivity contribution in [3.63, 3.8) is 0 Å². The summed E-state index contributed by atoms with van der Waals surface area (Å²) < 4.78 is 0. The highest BCUT2D eigenvalue weighted by molar-refractivity contribution is 7.99. The van der Waals surface area contributed by atoms with E-state index in [-0.39, 0.29) is 36.8 Å². The summed E-state index contributed by atoms with van der Waals surface area (Å²) in [5.41, 5.74) is 0.519. The van der Waals surface area contributed by atoms with Crippen molar-refractivity contribution in [1.29, 1.82) is 0 Å². The molecule has 2 aromatic rings. The number of ketones is 1. The summed E-state index contributed by atoms with van der Waals surface area (Å²) >= 11 is 1.59.